The van der Waals surface area contributed by atoms with Gasteiger partial charge in [-0.2, -0.15) is 18.3 Å². The largest absolute Gasteiger partial charge is 0.416 e. The van der Waals surface area contributed by atoms with E-state index in [0.29, 0.717) is 0 Å². The number of hydrogen-bond donors (Lipinski definition) is 2. The highest BCUT2D eigenvalue weighted by Gasteiger charge is 2.30. The topological polar surface area (TPSA) is 88.5 Å². The van der Waals surface area contributed by atoms with Gasteiger partial charge < -0.3 is 5.73 Å². The molecule has 3 aromatic rings. The minimum Gasteiger partial charge on any atom is -0.382 e. The summed E-state index contributed by atoms with van der Waals surface area (Å²) in [4.78, 5) is 12.6. The van der Waals surface area contributed by atoms with Gasteiger partial charge in [-0.25, -0.2) is 4.68 Å². The number of anilines is 1. The molecule has 12 heteroatoms. The van der Waals surface area contributed by atoms with Crippen molar-refractivity contribution in [3.8, 4) is 5.69 Å². The molecule has 3 N–H and O–H groups in total. The molecule has 2 aromatic carbocycles. The van der Waals surface area contributed by atoms with Crippen LogP contribution in [0.4, 0.5) is 30.4 Å². The van der Waals surface area contributed by atoms with Crippen LogP contribution < -0.4 is 11.3 Å². The average molecular weight is 451 g/mol. The number of nitrogen functional groups attached to an aromatic ring is 1. The lowest BCUT2D eigenvalue weighted by Gasteiger charge is -2.07. The lowest BCUT2D eigenvalue weighted by atomic mass is 10.2. The van der Waals surface area contributed by atoms with E-state index in [4.69, 9.17) is 40.5 Å². The SMILES string of the molecule is Nc1[nH]n(-c2c(Cl)cc(Cl)cc2Cl)c(=O)c1N=Nc1cccc(C(F)(F)F)c1. The minimum absolute atomic E-state index is 0.0715. The van der Waals surface area contributed by atoms with Gasteiger partial charge in [0.1, 0.15) is 11.5 Å². The van der Waals surface area contributed by atoms with Gasteiger partial charge in [-0.1, -0.05) is 40.9 Å². The Hall–Kier alpha value is -2.49. The second-order valence-corrected chi connectivity index (χ2v) is 6.73. The minimum atomic E-state index is -4.53. The average Bonchev–Trinajstić information content (AvgIpc) is 2.86. The summed E-state index contributed by atoms with van der Waals surface area (Å²) >= 11 is 18.0. The van der Waals surface area contributed by atoms with Crippen molar-refractivity contribution < 1.29 is 13.2 Å². The van der Waals surface area contributed by atoms with E-state index in [9.17, 15) is 18.0 Å². The number of hydrogen-bond acceptors (Lipinski definition) is 4. The quantitative estimate of drug-likeness (QED) is 0.469. The molecule has 0 saturated carbocycles. The van der Waals surface area contributed by atoms with Gasteiger partial charge >= 0.3 is 11.7 Å². The van der Waals surface area contributed by atoms with Gasteiger partial charge in [0.05, 0.1) is 21.3 Å². The summed E-state index contributed by atoms with van der Waals surface area (Å²) in [7, 11) is 0. The number of nitrogens with two attached hydrogens (primary N) is 1. The molecule has 0 atom stereocenters. The molecule has 0 aliphatic rings. The van der Waals surface area contributed by atoms with E-state index in [1.807, 2.05) is 0 Å². The maximum atomic E-state index is 12.8. The maximum Gasteiger partial charge on any atom is 0.416 e. The molecule has 0 saturated heterocycles. The standard InChI is InChI=1S/C16H9Cl3F3N5O/c17-8-5-10(18)13(11(19)6-8)27-15(28)12(14(23)26-27)25-24-9-3-1-2-7(4-9)16(20,21)22/h1-6,26H,23H2. The molecule has 1 heterocycles. The number of aromatic amines is 1. The molecular formula is C16H9Cl3F3N5O. The van der Waals surface area contributed by atoms with Gasteiger partial charge in [-0.3, -0.25) is 9.89 Å². The molecule has 146 valence electrons. The summed E-state index contributed by atoms with van der Waals surface area (Å²) in [5.74, 6) is -0.178. The Morgan fingerprint density at radius 3 is 2.29 bits per heavy atom. The van der Waals surface area contributed by atoms with Crippen LogP contribution in [0.25, 0.3) is 5.69 Å². The number of H-pyrrole nitrogens is 1. The van der Waals surface area contributed by atoms with E-state index in [0.717, 1.165) is 16.8 Å². The Morgan fingerprint density at radius 2 is 1.68 bits per heavy atom. The van der Waals surface area contributed by atoms with Crippen LogP contribution in [0.2, 0.25) is 15.1 Å². The molecular weight excluding hydrogens is 442 g/mol. The smallest absolute Gasteiger partial charge is 0.382 e. The molecule has 6 nitrogen and oxygen atoms in total. The molecule has 28 heavy (non-hydrogen) atoms. The summed E-state index contributed by atoms with van der Waals surface area (Å²) in [6, 6.07) is 6.89. The Balaban J connectivity index is 2.03. The van der Waals surface area contributed by atoms with Crippen molar-refractivity contribution in [3.05, 3.63) is 67.4 Å². The number of nitrogens with one attached hydrogen (secondary N) is 1. The Morgan fingerprint density at radius 1 is 1.04 bits per heavy atom. The van der Waals surface area contributed by atoms with Gasteiger partial charge in [-0.15, -0.1) is 5.11 Å². The maximum absolute atomic E-state index is 12.8. The molecule has 0 spiro atoms. The van der Waals surface area contributed by atoms with Crippen molar-refractivity contribution >= 4 is 52.0 Å². The molecule has 3 rings (SSSR count). The van der Waals surface area contributed by atoms with Crippen molar-refractivity contribution in [3.63, 3.8) is 0 Å². The molecule has 0 aliphatic heterocycles. The highest BCUT2D eigenvalue weighted by atomic mass is 35.5. The molecule has 1 aromatic heterocycles. The lowest BCUT2D eigenvalue weighted by Crippen LogP contribution is -2.15. The fraction of sp³-hybridized carbons (Fsp3) is 0.0625. The Bertz CT molecular complexity index is 1110. The van der Waals surface area contributed by atoms with E-state index >= 15 is 0 Å². The summed E-state index contributed by atoms with van der Waals surface area (Å²) < 4.78 is 39.2. The number of azo groups is 1. The van der Waals surface area contributed by atoms with Crippen molar-refractivity contribution in [2.75, 3.05) is 5.73 Å². The first-order chi connectivity index (χ1) is 13.1. The predicted octanol–water partition coefficient (Wildman–Crippen LogP) is 6.14. The van der Waals surface area contributed by atoms with Gasteiger partial charge in [0.25, 0.3) is 0 Å². The van der Waals surface area contributed by atoms with Gasteiger partial charge in [-0.05, 0) is 30.3 Å². The number of alkyl halides is 3. The third kappa shape index (κ3) is 4.01. The normalized spacial score (nSPS) is 12.1. The fourth-order valence-electron chi connectivity index (χ4n) is 2.30. The Kier molecular flexibility index (Phi) is 5.42. The van der Waals surface area contributed by atoms with E-state index in [-0.39, 0.29) is 37.9 Å². The Labute approximate surface area is 170 Å². The predicted molar refractivity (Wildman–Crippen MR) is 101 cm³/mol. The summed E-state index contributed by atoms with van der Waals surface area (Å²) in [5, 5.41) is 10.3. The van der Waals surface area contributed by atoms with E-state index < -0.39 is 17.3 Å². The molecule has 0 amide bonds. The molecule has 0 radical (unpaired) electrons. The van der Waals surface area contributed by atoms with Crippen LogP contribution >= 0.6 is 34.8 Å². The van der Waals surface area contributed by atoms with Gasteiger partial charge in [0.2, 0.25) is 0 Å². The highest BCUT2D eigenvalue weighted by Crippen LogP contribution is 2.33. The number of rotatable bonds is 3. The fourth-order valence-corrected chi connectivity index (χ4v) is 3.29. The zero-order valence-electron chi connectivity index (χ0n) is 13.6. The third-order valence-corrected chi connectivity index (χ3v) is 4.33. The number of nitrogens with zero attached hydrogens (tertiary/aromatic N) is 3. The zero-order chi connectivity index (χ0) is 20.6. The first-order valence-electron chi connectivity index (χ1n) is 7.42. The van der Waals surface area contributed by atoms with Crippen molar-refractivity contribution in [1.29, 1.82) is 0 Å². The third-order valence-electron chi connectivity index (χ3n) is 3.54. The van der Waals surface area contributed by atoms with Crippen molar-refractivity contribution in [1.82, 2.24) is 9.78 Å². The lowest BCUT2D eigenvalue weighted by molar-refractivity contribution is -0.137. The van der Waals surface area contributed by atoms with Crippen LogP contribution in [0, 0.1) is 0 Å². The number of aromatic nitrogens is 2. The summed E-state index contributed by atoms with van der Waals surface area (Å²) in [5.41, 5.74) is 3.76. The summed E-state index contributed by atoms with van der Waals surface area (Å²) in [6.07, 6.45) is -4.53. The van der Waals surface area contributed by atoms with Crippen molar-refractivity contribution in [2.24, 2.45) is 10.2 Å². The second kappa shape index (κ2) is 7.50. The van der Waals surface area contributed by atoms with Crippen LogP contribution in [0.5, 0.6) is 0 Å². The zero-order valence-corrected chi connectivity index (χ0v) is 15.8. The highest BCUT2D eigenvalue weighted by molar-refractivity contribution is 6.40. The first-order valence-corrected chi connectivity index (χ1v) is 8.55. The molecule has 0 fully saturated rings. The first kappa shape index (κ1) is 20.2. The van der Waals surface area contributed by atoms with Gasteiger partial charge in [0, 0.05) is 5.02 Å². The van der Waals surface area contributed by atoms with E-state index in [1.165, 1.54) is 24.3 Å². The van der Waals surface area contributed by atoms with Crippen LogP contribution in [0.1, 0.15) is 5.56 Å². The number of halogens is 6. The molecule has 0 bridgehead atoms. The van der Waals surface area contributed by atoms with E-state index in [2.05, 4.69) is 15.3 Å². The van der Waals surface area contributed by atoms with Crippen LogP contribution in [-0.4, -0.2) is 9.78 Å². The number of benzene rings is 2. The van der Waals surface area contributed by atoms with Crippen molar-refractivity contribution in [2.45, 2.75) is 6.18 Å². The van der Waals surface area contributed by atoms with E-state index in [1.54, 1.807) is 0 Å². The van der Waals surface area contributed by atoms with Crippen LogP contribution in [0.3, 0.4) is 0 Å². The second-order valence-electron chi connectivity index (χ2n) is 5.48. The van der Waals surface area contributed by atoms with Crippen LogP contribution in [-0.2, 0) is 6.18 Å². The molecule has 0 aliphatic carbocycles. The summed E-state index contributed by atoms with van der Waals surface area (Å²) in [6.45, 7) is 0. The monoisotopic (exact) mass is 449 g/mol. The van der Waals surface area contributed by atoms with Crippen LogP contribution in [0.15, 0.2) is 51.4 Å². The molecule has 0 unspecified atom stereocenters. The van der Waals surface area contributed by atoms with Gasteiger partial charge in [0.15, 0.2) is 5.69 Å².